The van der Waals surface area contributed by atoms with Crippen LogP contribution in [0.25, 0.3) is 0 Å². The summed E-state index contributed by atoms with van der Waals surface area (Å²) in [7, 11) is 0. The van der Waals surface area contributed by atoms with Gasteiger partial charge in [-0.2, -0.15) is 0 Å². The van der Waals surface area contributed by atoms with E-state index in [1.165, 1.54) is 0 Å². The van der Waals surface area contributed by atoms with E-state index < -0.39 is 0 Å². The summed E-state index contributed by atoms with van der Waals surface area (Å²) < 4.78 is 0.877. The molecule has 5 heteroatoms. The van der Waals surface area contributed by atoms with Crippen LogP contribution in [0.15, 0.2) is 22.7 Å². The highest BCUT2D eigenvalue weighted by atomic mass is 79.9. The summed E-state index contributed by atoms with van der Waals surface area (Å²) >= 11 is 9.28. The first-order valence-corrected chi connectivity index (χ1v) is 6.22. The van der Waals surface area contributed by atoms with Gasteiger partial charge in [-0.1, -0.05) is 17.7 Å². The summed E-state index contributed by atoms with van der Waals surface area (Å²) in [5.74, 6) is 0.00529. The van der Waals surface area contributed by atoms with Crippen molar-refractivity contribution in [3.63, 3.8) is 0 Å². The molecule has 88 valence electrons. The van der Waals surface area contributed by atoms with Crippen LogP contribution in [0.3, 0.4) is 0 Å². The van der Waals surface area contributed by atoms with Crippen LogP contribution < -0.4 is 10.6 Å². The van der Waals surface area contributed by atoms with Crippen LogP contribution in [0.5, 0.6) is 0 Å². The maximum absolute atomic E-state index is 11.1. The zero-order valence-electron chi connectivity index (χ0n) is 9.02. The van der Waals surface area contributed by atoms with E-state index in [2.05, 4.69) is 26.6 Å². The van der Waals surface area contributed by atoms with Crippen molar-refractivity contribution in [3.8, 4) is 0 Å². The number of hydrogen-bond acceptors (Lipinski definition) is 2. The van der Waals surface area contributed by atoms with E-state index in [0.717, 1.165) is 10.0 Å². The molecule has 0 radical (unpaired) electrons. The highest BCUT2D eigenvalue weighted by Gasteiger charge is 2.01. The minimum atomic E-state index is 0.00529. The van der Waals surface area contributed by atoms with Crippen LogP contribution >= 0.6 is 27.5 Å². The lowest BCUT2D eigenvalue weighted by atomic mass is 10.2. The van der Waals surface area contributed by atoms with Crippen LogP contribution in [0.4, 0.5) is 0 Å². The monoisotopic (exact) mass is 304 g/mol. The van der Waals surface area contributed by atoms with Crippen molar-refractivity contribution in [3.05, 3.63) is 33.3 Å². The van der Waals surface area contributed by atoms with E-state index >= 15 is 0 Å². The maximum atomic E-state index is 11.1. The minimum Gasteiger partial charge on any atom is -0.355 e. The molecule has 1 aromatic carbocycles. The molecule has 3 nitrogen and oxygen atoms in total. The molecule has 1 amide bonds. The predicted octanol–water partition coefficient (Wildman–Crippen LogP) is 2.33. The van der Waals surface area contributed by atoms with E-state index in [1.54, 1.807) is 0 Å². The standard InChI is InChI=1S/C11H14BrClN2O/c1-2-15-11(16)7-14-6-8-3-4-9(12)10(13)5-8/h3-5,14H,2,6-7H2,1H3,(H,15,16). The highest BCUT2D eigenvalue weighted by Crippen LogP contribution is 2.22. The van der Waals surface area contributed by atoms with Crippen LogP contribution in [-0.2, 0) is 11.3 Å². The first-order valence-electron chi connectivity index (χ1n) is 5.04. The first-order chi connectivity index (χ1) is 7.63. The van der Waals surface area contributed by atoms with Crippen molar-refractivity contribution < 1.29 is 4.79 Å². The maximum Gasteiger partial charge on any atom is 0.233 e. The lowest BCUT2D eigenvalue weighted by molar-refractivity contribution is -0.120. The van der Waals surface area contributed by atoms with E-state index in [4.69, 9.17) is 11.6 Å². The summed E-state index contributed by atoms with van der Waals surface area (Å²) in [6.07, 6.45) is 0. The fourth-order valence-electron chi connectivity index (χ4n) is 1.23. The number of hydrogen-bond donors (Lipinski definition) is 2. The highest BCUT2D eigenvalue weighted by molar-refractivity contribution is 9.10. The van der Waals surface area contributed by atoms with Gasteiger partial charge in [-0.25, -0.2) is 0 Å². The summed E-state index contributed by atoms with van der Waals surface area (Å²) in [4.78, 5) is 11.1. The summed E-state index contributed by atoms with van der Waals surface area (Å²) in [5.41, 5.74) is 1.05. The zero-order chi connectivity index (χ0) is 12.0. The van der Waals surface area contributed by atoms with Gasteiger partial charge in [-0.15, -0.1) is 0 Å². The molecule has 1 rings (SSSR count). The Bertz CT molecular complexity index is 371. The molecular formula is C11H14BrClN2O. The van der Waals surface area contributed by atoms with Crippen molar-refractivity contribution in [2.75, 3.05) is 13.1 Å². The number of amides is 1. The molecule has 0 aromatic heterocycles. The third-order valence-electron chi connectivity index (χ3n) is 1.97. The molecule has 0 heterocycles. The molecule has 0 aliphatic heterocycles. The van der Waals surface area contributed by atoms with Gasteiger partial charge in [-0.3, -0.25) is 4.79 Å². The molecule has 0 atom stereocenters. The minimum absolute atomic E-state index is 0.00529. The van der Waals surface area contributed by atoms with Crippen molar-refractivity contribution in [1.82, 2.24) is 10.6 Å². The number of likely N-dealkylation sites (N-methyl/N-ethyl adjacent to an activating group) is 1. The van der Waals surface area contributed by atoms with Gasteiger partial charge in [0, 0.05) is 17.6 Å². The van der Waals surface area contributed by atoms with Gasteiger partial charge in [0.1, 0.15) is 0 Å². The van der Waals surface area contributed by atoms with E-state index in [1.807, 2.05) is 25.1 Å². The SMILES string of the molecule is CCNC(=O)CNCc1ccc(Br)c(Cl)c1. The molecule has 2 N–H and O–H groups in total. The largest absolute Gasteiger partial charge is 0.355 e. The Morgan fingerprint density at radius 3 is 2.88 bits per heavy atom. The Labute approximate surface area is 109 Å². The number of nitrogens with one attached hydrogen (secondary N) is 2. The smallest absolute Gasteiger partial charge is 0.233 e. The summed E-state index contributed by atoms with van der Waals surface area (Å²) in [5, 5.41) is 6.44. The second-order valence-corrected chi connectivity index (χ2v) is 4.57. The Hall–Kier alpha value is -0.580. The molecule has 1 aromatic rings. The van der Waals surface area contributed by atoms with Gasteiger partial charge in [0.15, 0.2) is 0 Å². The fourth-order valence-corrected chi connectivity index (χ4v) is 1.68. The molecule has 0 bridgehead atoms. The molecule has 0 fully saturated rings. The molecule has 0 saturated carbocycles. The van der Waals surface area contributed by atoms with Gasteiger partial charge in [-0.05, 0) is 40.5 Å². The predicted molar refractivity (Wildman–Crippen MR) is 69.5 cm³/mol. The Balaban J connectivity index is 2.37. The quantitative estimate of drug-likeness (QED) is 0.876. The Morgan fingerprint density at radius 2 is 2.25 bits per heavy atom. The second-order valence-electron chi connectivity index (χ2n) is 3.31. The number of carbonyl (C=O) groups excluding carboxylic acids is 1. The first kappa shape index (κ1) is 13.5. The third-order valence-corrected chi connectivity index (χ3v) is 3.21. The zero-order valence-corrected chi connectivity index (χ0v) is 11.4. The number of halogens is 2. The number of rotatable bonds is 5. The van der Waals surface area contributed by atoms with Crippen molar-refractivity contribution in [1.29, 1.82) is 0 Å². The lowest BCUT2D eigenvalue weighted by Gasteiger charge is -2.06. The van der Waals surface area contributed by atoms with Crippen molar-refractivity contribution >= 4 is 33.4 Å². The Kier molecular flexibility index (Phi) is 5.80. The molecule has 0 saturated heterocycles. The van der Waals surface area contributed by atoms with E-state index in [-0.39, 0.29) is 5.91 Å². The third kappa shape index (κ3) is 4.51. The van der Waals surface area contributed by atoms with Crippen molar-refractivity contribution in [2.24, 2.45) is 0 Å². The van der Waals surface area contributed by atoms with E-state index in [0.29, 0.717) is 24.7 Å². The Morgan fingerprint density at radius 1 is 1.50 bits per heavy atom. The van der Waals surface area contributed by atoms with Gasteiger partial charge in [0.2, 0.25) is 5.91 Å². The summed E-state index contributed by atoms with van der Waals surface area (Å²) in [6.45, 7) is 3.50. The van der Waals surface area contributed by atoms with Gasteiger partial charge in [0.05, 0.1) is 11.6 Å². The topological polar surface area (TPSA) is 41.1 Å². The van der Waals surface area contributed by atoms with Crippen LogP contribution in [0, 0.1) is 0 Å². The molecule has 16 heavy (non-hydrogen) atoms. The van der Waals surface area contributed by atoms with Crippen molar-refractivity contribution in [2.45, 2.75) is 13.5 Å². The summed E-state index contributed by atoms with van der Waals surface area (Å²) in [6, 6.07) is 5.72. The van der Waals surface area contributed by atoms with Gasteiger partial charge < -0.3 is 10.6 Å². The number of benzene rings is 1. The molecule has 0 aliphatic carbocycles. The molecule has 0 aliphatic rings. The number of carbonyl (C=O) groups is 1. The molecule has 0 unspecified atom stereocenters. The molecular weight excluding hydrogens is 291 g/mol. The van der Waals surface area contributed by atoms with E-state index in [9.17, 15) is 4.79 Å². The van der Waals surface area contributed by atoms with Gasteiger partial charge in [0.25, 0.3) is 0 Å². The average molecular weight is 306 g/mol. The average Bonchev–Trinajstić information content (AvgIpc) is 2.24. The van der Waals surface area contributed by atoms with Crippen LogP contribution in [0.1, 0.15) is 12.5 Å². The molecule has 0 spiro atoms. The van der Waals surface area contributed by atoms with Crippen LogP contribution in [0.2, 0.25) is 5.02 Å². The lowest BCUT2D eigenvalue weighted by Crippen LogP contribution is -2.33. The second kappa shape index (κ2) is 6.89. The normalized spacial score (nSPS) is 10.2. The fraction of sp³-hybridized carbons (Fsp3) is 0.364. The van der Waals surface area contributed by atoms with Gasteiger partial charge >= 0.3 is 0 Å². The van der Waals surface area contributed by atoms with Crippen LogP contribution in [-0.4, -0.2) is 19.0 Å².